The SMILES string of the molecule is COCC1(C(=O)O)CCCN(C(=O)c2ccc(OC)c(OC(F)F)c2)C1. The molecule has 26 heavy (non-hydrogen) atoms. The van der Waals surface area contributed by atoms with Gasteiger partial charge in [0.15, 0.2) is 11.5 Å². The molecule has 0 aliphatic carbocycles. The maximum Gasteiger partial charge on any atom is 0.387 e. The first kappa shape index (κ1) is 19.9. The molecule has 1 aliphatic rings. The standard InChI is InChI=1S/C17H21F2NO6/c1-24-10-17(15(22)23)6-3-7-20(9-17)14(21)11-4-5-12(25-2)13(8-11)26-16(18)19/h4-5,8,16H,3,6-7,9-10H2,1-2H3,(H,22,23). The van der Waals surface area contributed by atoms with Crippen molar-refractivity contribution in [2.24, 2.45) is 5.41 Å². The van der Waals surface area contributed by atoms with Gasteiger partial charge in [-0.15, -0.1) is 0 Å². The van der Waals surface area contributed by atoms with Gasteiger partial charge in [-0.3, -0.25) is 9.59 Å². The van der Waals surface area contributed by atoms with Crippen LogP contribution in [0, 0.1) is 5.41 Å². The van der Waals surface area contributed by atoms with Crippen LogP contribution in [0.1, 0.15) is 23.2 Å². The van der Waals surface area contributed by atoms with Crippen LogP contribution in [0.2, 0.25) is 0 Å². The number of aliphatic carboxylic acids is 1. The van der Waals surface area contributed by atoms with E-state index >= 15 is 0 Å². The van der Waals surface area contributed by atoms with Crippen molar-refractivity contribution in [2.75, 3.05) is 33.9 Å². The van der Waals surface area contributed by atoms with Gasteiger partial charge in [-0.25, -0.2) is 0 Å². The summed E-state index contributed by atoms with van der Waals surface area (Å²) < 4.78 is 39.5. The summed E-state index contributed by atoms with van der Waals surface area (Å²) >= 11 is 0. The molecule has 0 saturated carbocycles. The number of nitrogens with zero attached hydrogens (tertiary/aromatic N) is 1. The Kier molecular flexibility index (Phi) is 6.36. The van der Waals surface area contributed by atoms with E-state index in [0.717, 1.165) is 0 Å². The number of hydrogen-bond donors (Lipinski definition) is 1. The van der Waals surface area contributed by atoms with E-state index in [9.17, 15) is 23.5 Å². The molecule has 1 amide bonds. The zero-order valence-corrected chi connectivity index (χ0v) is 14.5. The van der Waals surface area contributed by atoms with Gasteiger partial charge in [0.25, 0.3) is 5.91 Å². The number of carboxylic acid groups (broad SMARTS) is 1. The molecule has 1 heterocycles. The van der Waals surface area contributed by atoms with E-state index in [1.54, 1.807) is 0 Å². The molecule has 1 saturated heterocycles. The van der Waals surface area contributed by atoms with Gasteiger partial charge in [-0.05, 0) is 31.0 Å². The molecule has 1 atom stereocenters. The molecule has 0 radical (unpaired) electrons. The molecule has 1 N–H and O–H groups in total. The molecule has 0 aromatic heterocycles. The molecule has 0 spiro atoms. The first-order chi connectivity index (χ1) is 12.3. The number of carbonyl (C=O) groups excluding carboxylic acids is 1. The molecule has 0 bridgehead atoms. The quantitative estimate of drug-likeness (QED) is 0.789. The number of benzene rings is 1. The number of rotatable bonds is 7. The predicted molar refractivity (Wildman–Crippen MR) is 86.7 cm³/mol. The zero-order chi connectivity index (χ0) is 19.3. The summed E-state index contributed by atoms with van der Waals surface area (Å²) in [6.07, 6.45) is 0.889. The highest BCUT2D eigenvalue weighted by Gasteiger charge is 2.44. The highest BCUT2D eigenvalue weighted by atomic mass is 19.3. The van der Waals surface area contributed by atoms with Gasteiger partial charge in [-0.2, -0.15) is 8.78 Å². The fourth-order valence-corrected chi connectivity index (χ4v) is 3.12. The third-order valence-electron chi connectivity index (χ3n) is 4.37. The van der Waals surface area contributed by atoms with Crippen LogP contribution in [0.3, 0.4) is 0 Å². The van der Waals surface area contributed by atoms with Gasteiger partial charge >= 0.3 is 12.6 Å². The number of piperidine rings is 1. The van der Waals surface area contributed by atoms with Crippen LogP contribution >= 0.6 is 0 Å². The van der Waals surface area contributed by atoms with Gasteiger partial charge in [0.05, 0.1) is 13.7 Å². The van der Waals surface area contributed by atoms with Crippen molar-refractivity contribution in [2.45, 2.75) is 19.5 Å². The van der Waals surface area contributed by atoms with E-state index in [-0.39, 0.29) is 30.2 Å². The number of alkyl halides is 2. The smallest absolute Gasteiger partial charge is 0.387 e. The summed E-state index contributed by atoms with van der Waals surface area (Å²) in [4.78, 5) is 25.8. The number of ether oxygens (including phenoxy) is 3. The molecular weight excluding hydrogens is 352 g/mol. The molecule has 1 aliphatic heterocycles. The monoisotopic (exact) mass is 373 g/mol. The topological polar surface area (TPSA) is 85.3 Å². The molecule has 1 aromatic carbocycles. The van der Waals surface area contributed by atoms with Crippen molar-refractivity contribution >= 4 is 11.9 Å². The van der Waals surface area contributed by atoms with Crippen LogP contribution in [0.15, 0.2) is 18.2 Å². The number of carbonyl (C=O) groups is 2. The lowest BCUT2D eigenvalue weighted by molar-refractivity contribution is -0.155. The molecular formula is C17H21F2NO6. The van der Waals surface area contributed by atoms with Crippen molar-refractivity contribution < 1.29 is 37.7 Å². The highest BCUT2D eigenvalue weighted by Crippen LogP contribution is 2.33. The maximum atomic E-state index is 12.8. The van der Waals surface area contributed by atoms with E-state index in [2.05, 4.69) is 4.74 Å². The average Bonchev–Trinajstić information content (AvgIpc) is 2.61. The predicted octanol–water partition coefficient (Wildman–Crippen LogP) is 2.25. The molecule has 2 rings (SSSR count). The van der Waals surface area contributed by atoms with Crippen molar-refractivity contribution in [3.8, 4) is 11.5 Å². The van der Waals surface area contributed by atoms with Crippen molar-refractivity contribution in [3.63, 3.8) is 0 Å². The Labute approximate surface area is 149 Å². The normalized spacial score (nSPS) is 20.1. The average molecular weight is 373 g/mol. The second kappa shape index (κ2) is 8.31. The van der Waals surface area contributed by atoms with Gasteiger partial charge in [0, 0.05) is 25.8 Å². The molecule has 144 valence electrons. The molecule has 9 heteroatoms. The van der Waals surface area contributed by atoms with E-state index < -0.39 is 23.9 Å². The number of hydrogen-bond acceptors (Lipinski definition) is 5. The molecule has 1 fully saturated rings. The lowest BCUT2D eigenvalue weighted by atomic mass is 9.80. The fourth-order valence-electron chi connectivity index (χ4n) is 3.12. The zero-order valence-electron chi connectivity index (χ0n) is 14.5. The lowest BCUT2D eigenvalue weighted by Crippen LogP contribution is -2.52. The largest absolute Gasteiger partial charge is 0.493 e. The Bertz CT molecular complexity index is 665. The first-order valence-corrected chi connectivity index (χ1v) is 7.97. The van der Waals surface area contributed by atoms with Crippen molar-refractivity contribution in [1.29, 1.82) is 0 Å². The van der Waals surface area contributed by atoms with Crippen LogP contribution < -0.4 is 9.47 Å². The second-order valence-electron chi connectivity index (χ2n) is 6.09. The van der Waals surface area contributed by atoms with Gasteiger partial charge in [0.2, 0.25) is 0 Å². The van der Waals surface area contributed by atoms with E-state index in [4.69, 9.17) is 9.47 Å². The summed E-state index contributed by atoms with van der Waals surface area (Å²) in [5, 5.41) is 9.56. The van der Waals surface area contributed by atoms with E-state index in [0.29, 0.717) is 19.4 Å². The minimum Gasteiger partial charge on any atom is -0.493 e. The van der Waals surface area contributed by atoms with E-state index in [1.807, 2.05) is 0 Å². The maximum absolute atomic E-state index is 12.8. The Hall–Kier alpha value is -2.42. The van der Waals surface area contributed by atoms with Crippen LogP contribution in [-0.2, 0) is 9.53 Å². The summed E-state index contributed by atoms with van der Waals surface area (Å²) in [7, 11) is 2.70. The summed E-state index contributed by atoms with van der Waals surface area (Å²) in [6.45, 7) is -2.74. The summed E-state index contributed by atoms with van der Waals surface area (Å²) in [6, 6.07) is 3.95. The van der Waals surface area contributed by atoms with E-state index in [1.165, 1.54) is 37.3 Å². The molecule has 1 unspecified atom stereocenters. The third-order valence-corrected chi connectivity index (χ3v) is 4.37. The van der Waals surface area contributed by atoms with Crippen LogP contribution in [0.5, 0.6) is 11.5 Å². The Morgan fingerprint density at radius 3 is 2.62 bits per heavy atom. The van der Waals surface area contributed by atoms with Crippen LogP contribution in [-0.4, -0.2) is 62.4 Å². The molecule has 1 aromatic rings. The second-order valence-corrected chi connectivity index (χ2v) is 6.09. The number of carboxylic acids is 1. The lowest BCUT2D eigenvalue weighted by Gasteiger charge is -2.39. The molecule has 7 nitrogen and oxygen atoms in total. The summed E-state index contributed by atoms with van der Waals surface area (Å²) in [5.41, 5.74) is -1.07. The first-order valence-electron chi connectivity index (χ1n) is 7.97. The third kappa shape index (κ3) is 4.21. The Balaban J connectivity index is 2.26. The minimum atomic E-state index is -3.06. The minimum absolute atomic E-state index is 0.0194. The Morgan fingerprint density at radius 1 is 1.31 bits per heavy atom. The Morgan fingerprint density at radius 2 is 2.04 bits per heavy atom. The number of amides is 1. The fraction of sp³-hybridized carbons (Fsp3) is 0.529. The van der Waals surface area contributed by atoms with Crippen molar-refractivity contribution in [1.82, 2.24) is 4.90 Å². The van der Waals surface area contributed by atoms with Crippen LogP contribution in [0.25, 0.3) is 0 Å². The van der Waals surface area contributed by atoms with Crippen molar-refractivity contribution in [3.05, 3.63) is 23.8 Å². The number of halogens is 2. The van der Waals surface area contributed by atoms with Gasteiger partial charge in [0.1, 0.15) is 5.41 Å². The van der Waals surface area contributed by atoms with Gasteiger partial charge < -0.3 is 24.2 Å². The van der Waals surface area contributed by atoms with Gasteiger partial charge in [-0.1, -0.05) is 0 Å². The van der Waals surface area contributed by atoms with Crippen LogP contribution in [0.4, 0.5) is 8.78 Å². The summed E-state index contributed by atoms with van der Waals surface area (Å²) in [5.74, 6) is -1.69. The number of methoxy groups -OCH3 is 2. The number of likely N-dealkylation sites (tertiary alicyclic amines) is 1. The highest BCUT2D eigenvalue weighted by molar-refractivity contribution is 5.95.